The minimum absolute atomic E-state index is 0.0376. The summed E-state index contributed by atoms with van der Waals surface area (Å²) in [5.74, 6) is 2.20. The lowest BCUT2D eigenvalue weighted by Crippen LogP contribution is -2.41. The van der Waals surface area contributed by atoms with Gasteiger partial charge in [0.15, 0.2) is 17.6 Å². The summed E-state index contributed by atoms with van der Waals surface area (Å²) in [5, 5.41) is 0. The van der Waals surface area contributed by atoms with Gasteiger partial charge in [0.05, 0.1) is 12.2 Å². The Hall–Kier alpha value is -3.45. The zero-order valence-electron chi connectivity index (χ0n) is 17.7. The van der Waals surface area contributed by atoms with Gasteiger partial charge in [0, 0.05) is 35.7 Å². The summed E-state index contributed by atoms with van der Waals surface area (Å²) >= 11 is 1.70. The van der Waals surface area contributed by atoms with Gasteiger partial charge in [0.25, 0.3) is 5.91 Å². The predicted octanol–water partition coefficient (Wildman–Crippen LogP) is 4.54. The molecule has 1 amide bonds. The first-order valence-electron chi connectivity index (χ1n) is 10.4. The molecule has 2 aromatic carbocycles. The van der Waals surface area contributed by atoms with E-state index < -0.39 is 0 Å². The van der Waals surface area contributed by atoms with Gasteiger partial charge in [0.2, 0.25) is 0 Å². The summed E-state index contributed by atoms with van der Waals surface area (Å²) in [5.41, 5.74) is 2.63. The van der Waals surface area contributed by atoms with Gasteiger partial charge in [-0.25, -0.2) is 4.98 Å². The van der Waals surface area contributed by atoms with Crippen LogP contribution in [0.15, 0.2) is 84.0 Å². The summed E-state index contributed by atoms with van der Waals surface area (Å²) in [4.78, 5) is 20.3. The number of thioether (sulfide) groups is 1. The van der Waals surface area contributed by atoms with Gasteiger partial charge in [-0.05, 0) is 48.5 Å². The Morgan fingerprint density at radius 3 is 2.69 bits per heavy atom. The number of aromatic nitrogens is 2. The van der Waals surface area contributed by atoms with Crippen molar-refractivity contribution in [3.8, 4) is 11.5 Å². The molecule has 0 saturated carbocycles. The number of carbonyl (C=O) groups excluding carboxylic acids is 1. The van der Waals surface area contributed by atoms with Gasteiger partial charge in [-0.2, -0.15) is 0 Å². The molecule has 2 aromatic heterocycles. The summed E-state index contributed by atoms with van der Waals surface area (Å²) in [6.07, 6.45) is 3.85. The molecule has 1 aliphatic heterocycles. The molecular weight excluding hydrogens is 422 g/mol. The molecule has 3 heterocycles. The second-order valence-electron chi connectivity index (χ2n) is 7.69. The molecule has 0 saturated heterocycles. The monoisotopic (exact) mass is 445 g/mol. The number of carbonyl (C=O) groups is 1. The number of hydrogen-bond donors (Lipinski definition) is 0. The van der Waals surface area contributed by atoms with Crippen LogP contribution in [-0.2, 0) is 5.75 Å². The topological polar surface area (TPSA) is 56.1 Å². The molecule has 0 radical (unpaired) electrons. The lowest BCUT2D eigenvalue weighted by atomic mass is 10.2. The molecule has 6 nitrogen and oxygen atoms in total. The number of likely N-dealkylation sites (N-methyl/N-ethyl adjacent to an activating group) is 1. The lowest BCUT2D eigenvalue weighted by molar-refractivity contribution is 0.0521. The number of rotatable bonds is 6. The first-order chi connectivity index (χ1) is 15.7. The lowest BCUT2D eigenvalue weighted by Gasteiger charge is -2.29. The van der Waals surface area contributed by atoms with E-state index in [1.807, 2.05) is 83.5 Å². The maximum Gasteiger partial charge on any atom is 0.253 e. The number of nitrogens with zero attached hydrogens (tertiary/aromatic N) is 3. The number of para-hydroxylation sites is 2. The summed E-state index contributed by atoms with van der Waals surface area (Å²) in [6, 6.07) is 21.3. The highest BCUT2D eigenvalue weighted by atomic mass is 32.2. The zero-order chi connectivity index (χ0) is 21.9. The van der Waals surface area contributed by atoms with Crippen molar-refractivity contribution >= 4 is 23.3 Å². The third-order valence-electron chi connectivity index (χ3n) is 5.29. The number of hydrogen-bond acceptors (Lipinski definition) is 5. The number of fused-ring (bicyclic) bond motifs is 2. The quantitative estimate of drug-likeness (QED) is 0.408. The van der Waals surface area contributed by atoms with Crippen LogP contribution in [0.3, 0.4) is 0 Å². The van der Waals surface area contributed by atoms with E-state index in [-0.39, 0.29) is 12.0 Å². The van der Waals surface area contributed by atoms with Gasteiger partial charge in [-0.1, -0.05) is 18.2 Å². The van der Waals surface area contributed by atoms with E-state index in [0.29, 0.717) is 18.7 Å². The minimum atomic E-state index is -0.195. The second-order valence-corrected chi connectivity index (χ2v) is 8.74. The van der Waals surface area contributed by atoms with Crippen molar-refractivity contribution in [1.29, 1.82) is 0 Å². The fourth-order valence-corrected chi connectivity index (χ4v) is 4.45. The van der Waals surface area contributed by atoms with Crippen LogP contribution in [0.25, 0.3) is 5.65 Å². The maximum absolute atomic E-state index is 12.9. The molecule has 0 aliphatic carbocycles. The largest absolute Gasteiger partial charge is 0.486 e. The van der Waals surface area contributed by atoms with Crippen LogP contribution in [0.4, 0.5) is 0 Å². The molecule has 162 valence electrons. The van der Waals surface area contributed by atoms with Gasteiger partial charge < -0.3 is 18.8 Å². The molecule has 0 unspecified atom stereocenters. The van der Waals surface area contributed by atoms with Crippen LogP contribution in [0, 0.1) is 0 Å². The average molecular weight is 446 g/mol. The Labute approximate surface area is 190 Å². The fraction of sp³-hybridized carbons (Fsp3) is 0.200. The van der Waals surface area contributed by atoms with Crippen molar-refractivity contribution in [2.24, 2.45) is 0 Å². The van der Waals surface area contributed by atoms with Crippen LogP contribution in [-0.4, -0.2) is 46.5 Å². The first-order valence-corrected chi connectivity index (χ1v) is 11.4. The number of ether oxygens (including phenoxy) is 2. The van der Waals surface area contributed by atoms with Crippen LogP contribution < -0.4 is 9.47 Å². The van der Waals surface area contributed by atoms with Crippen molar-refractivity contribution in [1.82, 2.24) is 14.3 Å². The van der Waals surface area contributed by atoms with Gasteiger partial charge in [0.1, 0.15) is 12.3 Å². The highest BCUT2D eigenvalue weighted by Gasteiger charge is 2.24. The van der Waals surface area contributed by atoms with E-state index in [4.69, 9.17) is 9.47 Å². The SMILES string of the molecule is CN(C[C@@H]1COc2ccccc2O1)C(=O)c1ccc(SCc2cn3ccccc3n2)cc1. The van der Waals surface area contributed by atoms with Crippen LogP contribution in [0.2, 0.25) is 0 Å². The summed E-state index contributed by atoms with van der Waals surface area (Å²) < 4.78 is 13.7. The Balaban J connectivity index is 1.16. The Morgan fingerprint density at radius 2 is 1.88 bits per heavy atom. The maximum atomic E-state index is 12.9. The van der Waals surface area contributed by atoms with E-state index in [9.17, 15) is 4.79 Å². The molecule has 0 bridgehead atoms. The number of benzene rings is 2. The molecule has 0 spiro atoms. The smallest absolute Gasteiger partial charge is 0.253 e. The number of pyridine rings is 1. The second kappa shape index (κ2) is 8.96. The number of amides is 1. The normalized spacial score (nSPS) is 15.0. The van der Waals surface area contributed by atoms with E-state index >= 15 is 0 Å². The van der Waals surface area contributed by atoms with E-state index in [2.05, 4.69) is 4.98 Å². The van der Waals surface area contributed by atoms with Crippen molar-refractivity contribution in [2.45, 2.75) is 16.8 Å². The molecule has 4 aromatic rings. The van der Waals surface area contributed by atoms with Crippen molar-refractivity contribution < 1.29 is 14.3 Å². The fourth-order valence-electron chi connectivity index (χ4n) is 3.67. The summed E-state index contributed by atoms with van der Waals surface area (Å²) in [6.45, 7) is 0.880. The van der Waals surface area contributed by atoms with Crippen LogP contribution >= 0.6 is 11.8 Å². The van der Waals surface area contributed by atoms with E-state index in [1.165, 1.54) is 0 Å². The van der Waals surface area contributed by atoms with Crippen molar-refractivity contribution in [2.75, 3.05) is 20.2 Å². The van der Waals surface area contributed by atoms with Gasteiger partial charge >= 0.3 is 0 Å². The zero-order valence-corrected chi connectivity index (χ0v) is 18.5. The standard InChI is InChI=1S/C25H23N3O3S/c1-27(15-20-16-30-22-6-2-3-7-23(22)31-20)25(29)18-9-11-21(12-10-18)32-17-19-14-28-13-5-4-8-24(28)26-19/h2-14,20H,15-17H2,1H3/t20-/m1/s1. The van der Waals surface area contributed by atoms with E-state index in [1.54, 1.807) is 23.7 Å². The summed E-state index contributed by atoms with van der Waals surface area (Å²) in [7, 11) is 1.79. The van der Waals surface area contributed by atoms with E-state index in [0.717, 1.165) is 33.5 Å². The highest BCUT2D eigenvalue weighted by molar-refractivity contribution is 7.98. The molecule has 5 rings (SSSR count). The van der Waals surface area contributed by atoms with Gasteiger partial charge in [-0.3, -0.25) is 4.79 Å². The molecule has 1 aliphatic rings. The third kappa shape index (κ3) is 4.43. The average Bonchev–Trinajstić information content (AvgIpc) is 3.25. The molecular formula is C25H23N3O3S. The molecule has 32 heavy (non-hydrogen) atoms. The third-order valence-corrected chi connectivity index (χ3v) is 6.34. The van der Waals surface area contributed by atoms with Crippen molar-refractivity contribution in [3.05, 3.63) is 90.4 Å². The predicted molar refractivity (Wildman–Crippen MR) is 125 cm³/mol. The minimum Gasteiger partial charge on any atom is -0.486 e. The highest BCUT2D eigenvalue weighted by Crippen LogP contribution is 2.31. The Morgan fingerprint density at radius 1 is 1.09 bits per heavy atom. The molecule has 1 atom stereocenters. The Kier molecular flexibility index (Phi) is 5.73. The van der Waals surface area contributed by atoms with Crippen molar-refractivity contribution in [3.63, 3.8) is 0 Å². The van der Waals surface area contributed by atoms with Gasteiger partial charge in [-0.15, -0.1) is 11.8 Å². The molecule has 0 fully saturated rings. The number of imidazole rings is 1. The Bertz CT molecular complexity index is 1210. The van der Waals surface area contributed by atoms with Crippen LogP contribution in [0.1, 0.15) is 16.1 Å². The first kappa shape index (κ1) is 20.5. The van der Waals surface area contributed by atoms with Crippen LogP contribution in [0.5, 0.6) is 11.5 Å². The molecule has 7 heteroatoms. The molecule has 0 N–H and O–H groups in total.